The van der Waals surface area contributed by atoms with Gasteiger partial charge in [0.1, 0.15) is 0 Å². The quantitative estimate of drug-likeness (QED) is 0.894. The minimum Gasteiger partial charge on any atom is -0.382 e. The Labute approximate surface area is 136 Å². The highest BCUT2D eigenvalue weighted by Crippen LogP contribution is 2.20. The molecule has 1 N–H and O–H groups in total. The number of hydrogen-bond donors (Lipinski definition) is 1. The number of aryl methyl sites for hydroxylation is 1. The zero-order chi connectivity index (χ0) is 17.0. The van der Waals surface area contributed by atoms with Crippen LogP contribution in [-0.2, 0) is 14.4 Å². The van der Waals surface area contributed by atoms with Crippen molar-refractivity contribution in [3.8, 4) is 0 Å². The summed E-state index contributed by atoms with van der Waals surface area (Å²) >= 11 is 0. The summed E-state index contributed by atoms with van der Waals surface area (Å²) in [5.41, 5.74) is 2.84. The molecule has 0 aliphatic carbocycles. The monoisotopic (exact) mass is 317 g/mol. The fraction of sp³-hybridized carbons (Fsp3) is 0.471. The summed E-state index contributed by atoms with van der Waals surface area (Å²) < 4.78 is 0. The lowest BCUT2D eigenvalue weighted by atomic mass is 10.00. The summed E-state index contributed by atoms with van der Waals surface area (Å²) in [4.78, 5) is 30.8. The molecule has 1 aliphatic rings. The second kappa shape index (κ2) is 7.26. The van der Waals surface area contributed by atoms with Crippen molar-refractivity contribution in [3.05, 3.63) is 35.4 Å². The molecule has 0 saturated heterocycles. The number of amides is 2. The van der Waals surface area contributed by atoms with Crippen LogP contribution in [0.1, 0.15) is 31.4 Å². The van der Waals surface area contributed by atoms with Gasteiger partial charge in [0.05, 0.1) is 12.3 Å². The molecule has 6 heteroatoms. The molecule has 1 aliphatic heterocycles. The van der Waals surface area contributed by atoms with Gasteiger partial charge in [-0.1, -0.05) is 29.4 Å². The van der Waals surface area contributed by atoms with Gasteiger partial charge in [-0.05, 0) is 26.3 Å². The van der Waals surface area contributed by atoms with Gasteiger partial charge in [-0.25, -0.2) is 0 Å². The van der Waals surface area contributed by atoms with Crippen LogP contribution in [0.25, 0.3) is 0 Å². The maximum atomic E-state index is 12.4. The van der Waals surface area contributed by atoms with Crippen LogP contribution in [0.3, 0.4) is 0 Å². The molecule has 0 spiro atoms. The van der Waals surface area contributed by atoms with E-state index in [1.54, 1.807) is 7.05 Å². The molecule has 0 bridgehead atoms. The Morgan fingerprint density at radius 1 is 1.39 bits per heavy atom. The molecule has 23 heavy (non-hydrogen) atoms. The molecule has 1 unspecified atom stereocenters. The highest BCUT2D eigenvalue weighted by molar-refractivity contribution is 6.05. The van der Waals surface area contributed by atoms with E-state index in [1.807, 2.05) is 45.0 Å². The normalized spacial score (nSPS) is 16.7. The largest absolute Gasteiger partial charge is 0.382 e. The summed E-state index contributed by atoms with van der Waals surface area (Å²) in [6.07, 6.45) is -0.249. The van der Waals surface area contributed by atoms with Gasteiger partial charge in [0, 0.05) is 25.1 Å². The first-order valence-corrected chi connectivity index (χ1v) is 7.71. The van der Waals surface area contributed by atoms with Crippen molar-refractivity contribution < 1.29 is 14.4 Å². The summed E-state index contributed by atoms with van der Waals surface area (Å²) in [5, 5.41) is 6.81. The third kappa shape index (κ3) is 4.31. The molecular weight excluding hydrogens is 294 g/mol. The third-order valence-corrected chi connectivity index (χ3v) is 3.61. The van der Waals surface area contributed by atoms with E-state index in [9.17, 15) is 9.59 Å². The zero-order valence-electron chi connectivity index (χ0n) is 14.0. The molecule has 2 amide bonds. The van der Waals surface area contributed by atoms with E-state index in [0.717, 1.165) is 16.8 Å². The predicted molar refractivity (Wildman–Crippen MR) is 88.1 cm³/mol. The molecule has 1 atom stereocenters. The first-order chi connectivity index (χ1) is 10.9. The minimum atomic E-state index is -0.665. The standard InChI is InChI=1S/C17H23N3O3/c1-11(2)18-16(21)10-20(4)17(22)15-9-14(19-23-15)13-8-6-5-7-12(13)3/h5-8,11,15H,9-10H2,1-4H3,(H,18,21). The van der Waals surface area contributed by atoms with Crippen LogP contribution in [0, 0.1) is 6.92 Å². The van der Waals surface area contributed by atoms with Crippen LogP contribution in [0.15, 0.2) is 29.4 Å². The average molecular weight is 317 g/mol. The molecule has 0 radical (unpaired) electrons. The summed E-state index contributed by atoms with van der Waals surface area (Å²) in [6.45, 7) is 5.76. The number of likely N-dealkylation sites (N-methyl/N-ethyl adjacent to an activating group) is 1. The number of nitrogens with zero attached hydrogens (tertiary/aromatic N) is 2. The van der Waals surface area contributed by atoms with Gasteiger partial charge in [0.25, 0.3) is 5.91 Å². The lowest BCUT2D eigenvalue weighted by Crippen LogP contribution is -2.44. The SMILES string of the molecule is Cc1ccccc1C1=NOC(C(=O)N(C)CC(=O)NC(C)C)C1. The van der Waals surface area contributed by atoms with Gasteiger partial charge >= 0.3 is 0 Å². The Hall–Kier alpha value is -2.37. The number of carbonyl (C=O) groups is 2. The molecular formula is C17H23N3O3. The van der Waals surface area contributed by atoms with E-state index in [4.69, 9.17) is 4.84 Å². The Morgan fingerprint density at radius 2 is 2.09 bits per heavy atom. The van der Waals surface area contributed by atoms with Crippen molar-refractivity contribution in [1.82, 2.24) is 10.2 Å². The van der Waals surface area contributed by atoms with Gasteiger partial charge in [-0.2, -0.15) is 0 Å². The first kappa shape index (κ1) is 17.0. The zero-order valence-corrected chi connectivity index (χ0v) is 14.0. The molecule has 0 saturated carbocycles. The average Bonchev–Trinajstić information content (AvgIpc) is 2.95. The Balaban J connectivity index is 1.93. The van der Waals surface area contributed by atoms with Crippen molar-refractivity contribution in [2.24, 2.45) is 5.16 Å². The van der Waals surface area contributed by atoms with E-state index in [2.05, 4.69) is 10.5 Å². The van der Waals surface area contributed by atoms with Crippen molar-refractivity contribution in [3.63, 3.8) is 0 Å². The number of oxime groups is 1. The number of nitrogens with one attached hydrogen (secondary N) is 1. The minimum absolute atomic E-state index is 0.0105. The molecule has 2 rings (SSSR count). The number of rotatable bonds is 5. The smallest absolute Gasteiger partial charge is 0.267 e. The van der Waals surface area contributed by atoms with Crippen LogP contribution in [-0.4, -0.2) is 48.2 Å². The molecule has 124 valence electrons. The van der Waals surface area contributed by atoms with Gasteiger partial charge < -0.3 is 15.1 Å². The summed E-state index contributed by atoms with van der Waals surface area (Å²) in [6, 6.07) is 7.89. The Bertz CT molecular complexity index is 625. The maximum Gasteiger partial charge on any atom is 0.267 e. The van der Waals surface area contributed by atoms with Crippen LogP contribution in [0.5, 0.6) is 0 Å². The highest BCUT2D eigenvalue weighted by Gasteiger charge is 2.32. The summed E-state index contributed by atoms with van der Waals surface area (Å²) in [7, 11) is 1.59. The van der Waals surface area contributed by atoms with Gasteiger partial charge in [-0.15, -0.1) is 0 Å². The number of carbonyl (C=O) groups excluding carboxylic acids is 2. The Kier molecular flexibility index (Phi) is 5.36. The molecule has 0 fully saturated rings. The Morgan fingerprint density at radius 3 is 2.74 bits per heavy atom. The van der Waals surface area contributed by atoms with E-state index >= 15 is 0 Å². The molecule has 1 aromatic carbocycles. The third-order valence-electron chi connectivity index (χ3n) is 3.61. The van der Waals surface area contributed by atoms with E-state index in [-0.39, 0.29) is 24.4 Å². The van der Waals surface area contributed by atoms with Crippen molar-refractivity contribution >= 4 is 17.5 Å². The molecule has 1 aromatic rings. The van der Waals surface area contributed by atoms with E-state index < -0.39 is 6.10 Å². The second-order valence-corrected chi connectivity index (χ2v) is 6.07. The maximum absolute atomic E-state index is 12.4. The fourth-order valence-electron chi connectivity index (χ4n) is 2.47. The predicted octanol–water partition coefficient (Wildman–Crippen LogP) is 1.47. The van der Waals surface area contributed by atoms with Crippen molar-refractivity contribution in [2.45, 2.75) is 39.3 Å². The fourth-order valence-corrected chi connectivity index (χ4v) is 2.47. The van der Waals surface area contributed by atoms with Crippen LogP contribution < -0.4 is 5.32 Å². The van der Waals surface area contributed by atoms with Crippen LogP contribution in [0.2, 0.25) is 0 Å². The van der Waals surface area contributed by atoms with Crippen LogP contribution in [0.4, 0.5) is 0 Å². The molecule has 0 aromatic heterocycles. The van der Waals surface area contributed by atoms with Crippen LogP contribution >= 0.6 is 0 Å². The van der Waals surface area contributed by atoms with Gasteiger partial charge in [-0.3, -0.25) is 9.59 Å². The van der Waals surface area contributed by atoms with Gasteiger partial charge in [0.15, 0.2) is 0 Å². The summed E-state index contributed by atoms with van der Waals surface area (Å²) in [5.74, 6) is -0.426. The number of hydrogen-bond acceptors (Lipinski definition) is 4. The van der Waals surface area contributed by atoms with E-state index in [1.165, 1.54) is 4.90 Å². The topological polar surface area (TPSA) is 71.0 Å². The van der Waals surface area contributed by atoms with Crippen molar-refractivity contribution in [2.75, 3.05) is 13.6 Å². The first-order valence-electron chi connectivity index (χ1n) is 7.71. The van der Waals surface area contributed by atoms with E-state index in [0.29, 0.717) is 6.42 Å². The highest BCUT2D eigenvalue weighted by atomic mass is 16.6. The molecule has 1 heterocycles. The molecule has 6 nitrogen and oxygen atoms in total. The van der Waals surface area contributed by atoms with Gasteiger partial charge in [0.2, 0.25) is 12.0 Å². The van der Waals surface area contributed by atoms with Crippen molar-refractivity contribution in [1.29, 1.82) is 0 Å². The second-order valence-electron chi connectivity index (χ2n) is 6.07. The lowest BCUT2D eigenvalue weighted by Gasteiger charge is -2.20. The lowest BCUT2D eigenvalue weighted by molar-refractivity contribution is -0.143. The number of benzene rings is 1.